The van der Waals surface area contributed by atoms with Crippen molar-refractivity contribution in [3.05, 3.63) is 23.7 Å². The summed E-state index contributed by atoms with van der Waals surface area (Å²) in [5, 5.41) is 20.4. The van der Waals surface area contributed by atoms with Gasteiger partial charge in [-0.2, -0.15) is 0 Å². The highest BCUT2D eigenvalue weighted by molar-refractivity contribution is 6.40. The zero-order valence-electron chi connectivity index (χ0n) is 14.9. The van der Waals surface area contributed by atoms with Gasteiger partial charge in [0.25, 0.3) is 0 Å². The number of carbonyl (C=O) groups is 2. The van der Waals surface area contributed by atoms with Gasteiger partial charge in [0.1, 0.15) is 0 Å². The molecule has 2 N–H and O–H groups in total. The first-order valence-corrected chi connectivity index (χ1v) is 9.18. The van der Waals surface area contributed by atoms with Crippen LogP contribution in [0.25, 0.3) is 0 Å². The third kappa shape index (κ3) is 1.91. The number of fused-ring (bicyclic) bond motifs is 5. The minimum Gasteiger partial charge on any atom is -0.472 e. The fourth-order valence-electron chi connectivity index (χ4n) is 6.61. The molecule has 1 aromatic heterocycles. The standard InChI is InChI=1S/C20H26O5/c1-18-7-14(23)17(24)19(2,10-21)15(18)5-6-20(11-22)13-9-25-8-12(13)3-4-16(18)20/h8-9,15-16,21-22H,3-7,10-11H2,1-2H3/t15-,16-,18+,19-,20-/m1/s1. The van der Waals surface area contributed by atoms with Crippen LogP contribution in [0.4, 0.5) is 0 Å². The van der Waals surface area contributed by atoms with Crippen LogP contribution < -0.4 is 0 Å². The van der Waals surface area contributed by atoms with Crippen molar-refractivity contribution in [3.8, 4) is 0 Å². The van der Waals surface area contributed by atoms with Gasteiger partial charge >= 0.3 is 0 Å². The third-order valence-corrected chi connectivity index (χ3v) is 7.81. The highest BCUT2D eigenvalue weighted by Crippen LogP contribution is 2.65. The number of rotatable bonds is 2. The lowest BCUT2D eigenvalue weighted by Crippen LogP contribution is -2.64. The molecule has 0 radical (unpaired) electrons. The van der Waals surface area contributed by atoms with Crippen LogP contribution in [0.1, 0.15) is 50.7 Å². The van der Waals surface area contributed by atoms with E-state index < -0.39 is 22.0 Å². The molecule has 0 spiro atoms. The summed E-state index contributed by atoms with van der Waals surface area (Å²) in [6.07, 6.45) is 6.92. The summed E-state index contributed by atoms with van der Waals surface area (Å²) in [5.41, 5.74) is 0.389. The Morgan fingerprint density at radius 2 is 1.88 bits per heavy atom. The molecule has 0 amide bonds. The molecule has 0 saturated heterocycles. The van der Waals surface area contributed by atoms with Gasteiger partial charge < -0.3 is 14.6 Å². The van der Waals surface area contributed by atoms with Crippen LogP contribution in [0.5, 0.6) is 0 Å². The van der Waals surface area contributed by atoms with Crippen molar-refractivity contribution in [2.24, 2.45) is 22.7 Å². The maximum Gasteiger partial charge on any atom is 0.206 e. The molecule has 3 aliphatic carbocycles. The van der Waals surface area contributed by atoms with Crippen molar-refractivity contribution in [2.45, 2.75) is 51.4 Å². The molecule has 2 saturated carbocycles. The number of furan rings is 1. The summed E-state index contributed by atoms with van der Waals surface area (Å²) in [6, 6.07) is 0. The van der Waals surface area contributed by atoms with Crippen LogP contribution in [0.3, 0.4) is 0 Å². The average Bonchev–Trinajstić information content (AvgIpc) is 3.09. The van der Waals surface area contributed by atoms with Gasteiger partial charge in [-0.1, -0.05) is 6.92 Å². The fraction of sp³-hybridized carbons (Fsp3) is 0.700. The van der Waals surface area contributed by atoms with E-state index in [1.54, 1.807) is 19.5 Å². The summed E-state index contributed by atoms with van der Waals surface area (Å²) < 4.78 is 5.44. The molecule has 25 heavy (non-hydrogen) atoms. The first-order chi connectivity index (χ1) is 11.8. The summed E-state index contributed by atoms with van der Waals surface area (Å²) in [5.74, 6) is -0.749. The van der Waals surface area contributed by atoms with E-state index in [2.05, 4.69) is 6.92 Å². The number of hydrogen-bond donors (Lipinski definition) is 2. The Morgan fingerprint density at radius 1 is 1.12 bits per heavy atom. The highest BCUT2D eigenvalue weighted by atomic mass is 16.3. The van der Waals surface area contributed by atoms with Crippen molar-refractivity contribution in [2.75, 3.05) is 13.2 Å². The van der Waals surface area contributed by atoms with E-state index in [0.29, 0.717) is 6.42 Å². The van der Waals surface area contributed by atoms with E-state index in [4.69, 9.17) is 4.42 Å². The Balaban J connectivity index is 1.86. The zero-order valence-corrected chi connectivity index (χ0v) is 14.9. The van der Waals surface area contributed by atoms with E-state index in [0.717, 1.165) is 30.4 Å². The van der Waals surface area contributed by atoms with E-state index >= 15 is 0 Å². The summed E-state index contributed by atoms with van der Waals surface area (Å²) in [4.78, 5) is 25.1. The minimum absolute atomic E-state index is 0.0183. The molecule has 4 rings (SSSR count). The number of hydrogen-bond acceptors (Lipinski definition) is 5. The number of aryl methyl sites for hydroxylation is 1. The first-order valence-electron chi connectivity index (χ1n) is 9.18. The lowest BCUT2D eigenvalue weighted by atomic mass is 9.40. The molecular formula is C20H26O5. The van der Waals surface area contributed by atoms with Crippen molar-refractivity contribution in [1.29, 1.82) is 0 Å². The van der Waals surface area contributed by atoms with E-state index in [1.807, 2.05) is 0 Å². The van der Waals surface area contributed by atoms with Crippen LogP contribution >= 0.6 is 0 Å². The van der Waals surface area contributed by atoms with E-state index in [-0.39, 0.29) is 37.3 Å². The predicted molar refractivity (Wildman–Crippen MR) is 89.9 cm³/mol. The second kappa shape index (κ2) is 5.27. The van der Waals surface area contributed by atoms with Gasteiger partial charge in [0, 0.05) is 17.4 Å². The first kappa shape index (κ1) is 17.0. The van der Waals surface area contributed by atoms with Crippen LogP contribution in [0.15, 0.2) is 16.9 Å². The smallest absolute Gasteiger partial charge is 0.206 e. The molecule has 1 heterocycles. The SMILES string of the molecule is C[C@]12CC(=O)C(=O)[C@](C)(CO)[C@@H]1CC[C@@]1(CO)c3cocc3CC[C@@H]12. The van der Waals surface area contributed by atoms with Gasteiger partial charge in [-0.05, 0) is 55.4 Å². The molecule has 0 unspecified atom stereocenters. The van der Waals surface area contributed by atoms with Crippen molar-refractivity contribution in [1.82, 2.24) is 0 Å². The van der Waals surface area contributed by atoms with Gasteiger partial charge in [0.2, 0.25) is 5.78 Å². The Morgan fingerprint density at radius 3 is 2.56 bits per heavy atom. The number of carbonyl (C=O) groups excluding carboxylic acids is 2. The highest BCUT2D eigenvalue weighted by Gasteiger charge is 2.66. The van der Waals surface area contributed by atoms with Crippen LogP contribution in [-0.2, 0) is 21.4 Å². The Hall–Kier alpha value is -1.46. The maximum absolute atomic E-state index is 12.6. The number of aliphatic hydroxyl groups is 2. The fourth-order valence-corrected chi connectivity index (χ4v) is 6.61. The molecule has 5 heteroatoms. The Labute approximate surface area is 147 Å². The lowest BCUT2D eigenvalue weighted by molar-refractivity contribution is -0.173. The largest absolute Gasteiger partial charge is 0.472 e. The lowest BCUT2D eigenvalue weighted by Gasteiger charge is -2.63. The van der Waals surface area contributed by atoms with Gasteiger partial charge in [-0.25, -0.2) is 0 Å². The van der Waals surface area contributed by atoms with Gasteiger partial charge in [0.05, 0.1) is 31.2 Å². The van der Waals surface area contributed by atoms with Gasteiger partial charge in [-0.15, -0.1) is 0 Å². The minimum atomic E-state index is -1.01. The monoisotopic (exact) mass is 346 g/mol. The molecule has 2 fully saturated rings. The quantitative estimate of drug-likeness (QED) is 0.800. The molecule has 3 aliphatic rings. The number of ketones is 2. The molecule has 1 aromatic rings. The molecular weight excluding hydrogens is 320 g/mol. The molecule has 136 valence electrons. The van der Waals surface area contributed by atoms with Crippen molar-refractivity contribution < 1.29 is 24.2 Å². The number of Topliss-reactive ketones (excluding diaryl/α,β-unsaturated/α-hetero) is 2. The van der Waals surface area contributed by atoms with Crippen molar-refractivity contribution in [3.63, 3.8) is 0 Å². The normalized spacial score (nSPS) is 43.4. The molecule has 5 atom stereocenters. The molecule has 0 aromatic carbocycles. The summed E-state index contributed by atoms with van der Waals surface area (Å²) in [6.45, 7) is 3.56. The Bertz CT molecular complexity index is 736. The van der Waals surface area contributed by atoms with Gasteiger partial charge in [-0.3, -0.25) is 9.59 Å². The Kier molecular flexibility index (Phi) is 3.58. The molecule has 0 bridgehead atoms. The molecule has 5 nitrogen and oxygen atoms in total. The van der Waals surface area contributed by atoms with Crippen molar-refractivity contribution >= 4 is 11.6 Å². The second-order valence-corrected chi connectivity index (χ2v) is 8.82. The van der Waals surface area contributed by atoms with E-state index in [9.17, 15) is 19.8 Å². The average molecular weight is 346 g/mol. The summed E-state index contributed by atoms with van der Waals surface area (Å²) in [7, 11) is 0. The number of aliphatic hydroxyl groups excluding tert-OH is 2. The predicted octanol–water partition coefficient (Wildman–Crippen LogP) is 2.03. The summed E-state index contributed by atoms with van der Waals surface area (Å²) >= 11 is 0. The third-order valence-electron chi connectivity index (χ3n) is 7.81. The molecule has 0 aliphatic heterocycles. The maximum atomic E-state index is 12.6. The van der Waals surface area contributed by atoms with Crippen LogP contribution in [0, 0.1) is 22.7 Å². The van der Waals surface area contributed by atoms with Gasteiger partial charge in [0.15, 0.2) is 5.78 Å². The van der Waals surface area contributed by atoms with Crippen LogP contribution in [-0.4, -0.2) is 35.0 Å². The van der Waals surface area contributed by atoms with E-state index in [1.165, 1.54) is 0 Å². The van der Waals surface area contributed by atoms with Crippen LogP contribution in [0.2, 0.25) is 0 Å². The topological polar surface area (TPSA) is 87.7 Å². The zero-order chi connectivity index (χ0) is 18.0. The second-order valence-electron chi connectivity index (χ2n) is 8.82.